The van der Waals surface area contributed by atoms with E-state index in [1.165, 1.54) is 22.0 Å². The smallest absolute Gasteiger partial charge is 0.261 e. The first-order chi connectivity index (χ1) is 11.5. The molecule has 5 nitrogen and oxygen atoms in total. The Morgan fingerprint density at radius 2 is 1.92 bits per heavy atom. The van der Waals surface area contributed by atoms with Crippen molar-refractivity contribution in [3.63, 3.8) is 0 Å². The van der Waals surface area contributed by atoms with Gasteiger partial charge in [0.05, 0.1) is 17.2 Å². The van der Waals surface area contributed by atoms with Gasteiger partial charge in [-0.1, -0.05) is 30.3 Å². The highest BCUT2D eigenvalue weighted by Gasteiger charge is 2.08. The lowest BCUT2D eigenvalue weighted by atomic mass is 10.1. The monoisotopic (exact) mass is 321 g/mol. The zero-order chi connectivity index (χ0) is 17.1. The number of fused-ring (bicyclic) bond motifs is 1. The molecule has 2 aromatic carbocycles. The summed E-state index contributed by atoms with van der Waals surface area (Å²) in [5.74, 6) is -0.215. The standard InChI is InChI=1S/C19H19N3O2/c1-13-7-8-15(9-14(13)2)10-20-18(23)11-22-12-21-17-6-4-3-5-16(17)19(22)24/h3-9,12H,10-11H2,1-2H3,(H,20,23). The van der Waals surface area contributed by atoms with Crippen molar-refractivity contribution in [3.05, 3.63) is 75.8 Å². The molecule has 24 heavy (non-hydrogen) atoms. The molecule has 5 heteroatoms. The number of aryl methyl sites for hydroxylation is 2. The number of nitrogens with one attached hydrogen (secondary N) is 1. The van der Waals surface area contributed by atoms with Crippen LogP contribution in [0.1, 0.15) is 16.7 Å². The maximum atomic E-state index is 12.4. The molecule has 0 bridgehead atoms. The van der Waals surface area contributed by atoms with E-state index in [4.69, 9.17) is 0 Å². The van der Waals surface area contributed by atoms with E-state index in [1.54, 1.807) is 18.2 Å². The summed E-state index contributed by atoms with van der Waals surface area (Å²) in [6.45, 7) is 4.50. The van der Waals surface area contributed by atoms with Crippen molar-refractivity contribution in [2.75, 3.05) is 0 Å². The van der Waals surface area contributed by atoms with Crippen molar-refractivity contribution >= 4 is 16.8 Å². The zero-order valence-corrected chi connectivity index (χ0v) is 13.7. The summed E-state index contributed by atoms with van der Waals surface area (Å²) in [4.78, 5) is 28.7. The first-order valence-electron chi connectivity index (χ1n) is 7.81. The van der Waals surface area contributed by atoms with Gasteiger partial charge in [-0.2, -0.15) is 0 Å². The van der Waals surface area contributed by atoms with Crippen LogP contribution in [-0.2, 0) is 17.9 Å². The fraction of sp³-hybridized carbons (Fsp3) is 0.211. The first kappa shape index (κ1) is 15.9. The van der Waals surface area contributed by atoms with Gasteiger partial charge in [-0.25, -0.2) is 4.98 Å². The molecular weight excluding hydrogens is 302 g/mol. The molecule has 0 saturated carbocycles. The number of carbonyl (C=O) groups is 1. The number of carbonyl (C=O) groups excluding carboxylic acids is 1. The van der Waals surface area contributed by atoms with E-state index in [0.29, 0.717) is 17.4 Å². The van der Waals surface area contributed by atoms with Crippen LogP contribution in [-0.4, -0.2) is 15.5 Å². The normalized spacial score (nSPS) is 10.8. The summed E-state index contributed by atoms with van der Waals surface area (Å²) >= 11 is 0. The minimum Gasteiger partial charge on any atom is -0.350 e. The molecule has 1 aromatic heterocycles. The van der Waals surface area contributed by atoms with Crippen LogP contribution < -0.4 is 10.9 Å². The van der Waals surface area contributed by atoms with Gasteiger partial charge in [0.1, 0.15) is 6.54 Å². The Balaban J connectivity index is 1.70. The quantitative estimate of drug-likeness (QED) is 0.802. The molecule has 0 spiro atoms. The summed E-state index contributed by atoms with van der Waals surface area (Å²) in [7, 11) is 0. The number of hydrogen-bond donors (Lipinski definition) is 1. The molecule has 3 aromatic rings. The molecule has 3 rings (SSSR count). The van der Waals surface area contributed by atoms with Crippen molar-refractivity contribution in [3.8, 4) is 0 Å². The van der Waals surface area contributed by atoms with E-state index in [1.807, 2.05) is 25.1 Å². The van der Waals surface area contributed by atoms with Gasteiger partial charge < -0.3 is 5.32 Å². The molecule has 1 N–H and O–H groups in total. The first-order valence-corrected chi connectivity index (χ1v) is 7.81. The van der Waals surface area contributed by atoms with Gasteiger partial charge in [0.2, 0.25) is 5.91 Å². The minimum absolute atomic E-state index is 0.0402. The summed E-state index contributed by atoms with van der Waals surface area (Å²) in [5, 5.41) is 3.36. The van der Waals surface area contributed by atoms with Crippen LogP contribution in [0.25, 0.3) is 10.9 Å². The van der Waals surface area contributed by atoms with Crippen LogP contribution in [0.15, 0.2) is 53.6 Å². The summed E-state index contributed by atoms with van der Waals surface area (Å²) in [5.41, 5.74) is 3.88. The summed E-state index contributed by atoms with van der Waals surface area (Å²) < 4.78 is 1.33. The third kappa shape index (κ3) is 3.35. The fourth-order valence-corrected chi connectivity index (χ4v) is 2.54. The Kier molecular flexibility index (Phi) is 4.42. The molecule has 0 saturated heterocycles. The van der Waals surface area contributed by atoms with Crippen LogP contribution in [0.2, 0.25) is 0 Å². The highest BCUT2D eigenvalue weighted by atomic mass is 16.2. The molecule has 122 valence electrons. The van der Waals surface area contributed by atoms with Crippen molar-refractivity contribution in [2.24, 2.45) is 0 Å². The number of benzene rings is 2. The molecule has 0 radical (unpaired) electrons. The van der Waals surface area contributed by atoms with Crippen LogP contribution in [0, 0.1) is 13.8 Å². The molecule has 0 atom stereocenters. The van der Waals surface area contributed by atoms with Gasteiger partial charge in [0.15, 0.2) is 0 Å². The number of nitrogens with zero attached hydrogens (tertiary/aromatic N) is 2. The predicted octanol–water partition coefficient (Wildman–Crippen LogP) is 2.33. The third-order valence-corrected chi connectivity index (χ3v) is 4.11. The van der Waals surface area contributed by atoms with Crippen molar-refractivity contribution in [1.29, 1.82) is 0 Å². The van der Waals surface area contributed by atoms with E-state index in [2.05, 4.69) is 23.3 Å². The summed E-state index contributed by atoms with van der Waals surface area (Å²) in [6, 6.07) is 13.2. The average molecular weight is 321 g/mol. The van der Waals surface area contributed by atoms with E-state index >= 15 is 0 Å². The van der Waals surface area contributed by atoms with E-state index in [0.717, 1.165) is 5.56 Å². The second-order valence-corrected chi connectivity index (χ2v) is 5.89. The van der Waals surface area contributed by atoms with Crippen LogP contribution in [0.3, 0.4) is 0 Å². The molecule has 0 fully saturated rings. The van der Waals surface area contributed by atoms with E-state index < -0.39 is 0 Å². The number of rotatable bonds is 4. The number of para-hydroxylation sites is 1. The molecule has 1 amide bonds. The molecule has 0 aliphatic carbocycles. The average Bonchev–Trinajstić information content (AvgIpc) is 2.59. The zero-order valence-electron chi connectivity index (χ0n) is 13.7. The Labute approximate surface area is 140 Å². The number of hydrogen-bond acceptors (Lipinski definition) is 3. The Bertz CT molecular complexity index is 960. The fourth-order valence-electron chi connectivity index (χ4n) is 2.54. The van der Waals surface area contributed by atoms with Crippen molar-refractivity contribution < 1.29 is 4.79 Å². The lowest BCUT2D eigenvalue weighted by molar-refractivity contribution is -0.121. The van der Waals surface area contributed by atoms with Crippen LogP contribution >= 0.6 is 0 Å². The maximum Gasteiger partial charge on any atom is 0.261 e. The topological polar surface area (TPSA) is 64.0 Å². The van der Waals surface area contributed by atoms with Crippen LogP contribution in [0.5, 0.6) is 0 Å². The predicted molar refractivity (Wildman–Crippen MR) is 93.8 cm³/mol. The number of aromatic nitrogens is 2. The SMILES string of the molecule is Cc1ccc(CNC(=O)Cn2cnc3ccccc3c2=O)cc1C. The highest BCUT2D eigenvalue weighted by Crippen LogP contribution is 2.09. The van der Waals surface area contributed by atoms with Gasteiger partial charge in [-0.3, -0.25) is 14.2 Å². The largest absolute Gasteiger partial charge is 0.350 e. The molecule has 0 aliphatic rings. The number of amides is 1. The van der Waals surface area contributed by atoms with Gasteiger partial charge in [-0.05, 0) is 42.7 Å². The van der Waals surface area contributed by atoms with Crippen LogP contribution in [0.4, 0.5) is 0 Å². The third-order valence-electron chi connectivity index (χ3n) is 4.11. The molecule has 0 unspecified atom stereocenters. The Hall–Kier alpha value is -2.95. The molecule has 0 aliphatic heterocycles. The van der Waals surface area contributed by atoms with Gasteiger partial charge in [0.25, 0.3) is 5.56 Å². The van der Waals surface area contributed by atoms with Gasteiger partial charge in [-0.15, -0.1) is 0 Å². The van der Waals surface area contributed by atoms with E-state index in [9.17, 15) is 9.59 Å². The Morgan fingerprint density at radius 3 is 2.71 bits per heavy atom. The van der Waals surface area contributed by atoms with Gasteiger partial charge >= 0.3 is 0 Å². The van der Waals surface area contributed by atoms with Gasteiger partial charge in [0, 0.05) is 6.54 Å². The minimum atomic E-state index is -0.215. The van der Waals surface area contributed by atoms with Crippen molar-refractivity contribution in [1.82, 2.24) is 14.9 Å². The van der Waals surface area contributed by atoms with E-state index in [-0.39, 0.29) is 18.0 Å². The summed E-state index contributed by atoms with van der Waals surface area (Å²) in [6.07, 6.45) is 1.42. The second-order valence-electron chi connectivity index (χ2n) is 5.89. The van der Waals surface area contributed by atoms with Crippen molar-refractivity contribution in [2.45, 2.75) is 26.9 Å². The highest BCUT2D eigenvalue weighted by molar-refractivity contribution is 5.78. The Morgan fingerprint density at radius 1 is 1.12 bits per heavy atom. The lowest BCUT2D eigenvalue weighted by Crippen LogP contribution is -2.32. The molecule has 1 heterocycles. The second kappa shape index (κ2) is 6.66. The lowest BCUT2D eigenvalue weighted by Gasteiger charge is -2.09. The molecular formula is C19H19N3O2. The maximum absolute atomic E-state index is 12.4.